The first-order valence-corrected chi connectivity index (χ1v) is 20.2. The Morgan fingerprint density at radius 3 is 1.89 bits per heavy atom. The first-order valence-electron chi connectivity index (χ1n) is 19.3. The summed E-state index contributed by atoms with van der Waals surface area (Å²) in [7, 11) is 0. The molecule has 1 aromatic heterocycles. The van der Waals surface area contributed by atoms with Crippen LogP contribution in [0, 0.1) is 0 Å². The molecule has 1 atom stereocenters. The van der Waals surface area contributed by atoms with E-state index >= 15 is 0 Å². The van der Waals surface area contributed by atoms with E-state index in [-0.39, 0.29) is 5.41 Å². The molecule has 1 nitrogen and oxygen atoms in total. The van der Waals surface area contributed by atoms with Gasteiger partial charge in [-0.25, -0.2) is 0 Å². The summed E-state index contributed by atoms with van der Waals surface area (Å²) < 4.78 is 2.63. The lowest BCUT2D eigenvalue weighted by atomic mass is 9.74. The molecule has 1 aliphatic rings. The molecule has 0 spiro atoms. The monoisotopic (exact) mass is 731 g/mol. The van der Waals surface area contributed by atoms with E-state index < -0.39 is 0 Å². The highest BCUT2D eigenvalue weighted by atomic mass is 32.1. The number of anilines is 3. The molecule has 1 aliphatic carbocycles. The van der Waals surface area contributed by atoms with E-state index in [1.165, 1.54) is 81.0 Å². The van der Waals surface area contributed by atoms with Crippen LogP contribution < -0.4 is 4.90 Å². The van der Waals surface area contributed by atoms with Crippen molar-refractivity contribution in [2.75, 3.05) is 4.90 Å². The minimum Gasteiger partial charge on any atom is -0.310 e. The van der Waals surface area contributed by atoms with Gasteiger partial charge >= 0.3 is 0 Å². The van der Waals surface area contributed by atoms with Gasteiger partial charge in [0.25, 0.3) is 0 Å². The molecule has 10 aromatic rings. The van der Waals surface area contributed by atoms with Crippen molar-refractivity contribution in [3.8, 4) is 33.4 Å². The van der Waals surface area contributed by atoms with Crippen molar-refractivity contribution in [3.05, 3.63) is 223 Å². The van der Waals surface area contributed by atoms with Gasteiger partial charge in [-0.15, -0.1) is 11.3 Å². The average molecular weight is 732 g/mol. The van der Waals surface area contributed by atoms with Gasteiger partial charge in [0.05, 0.1) is 0 Å². The van der Waals surface area contributed by atoms with E-state index in [4.69, 9.17) is 0 Å². The van der Waals surface area contributed by atoms with Gasteiger partial charge in [0.15, 0.2) is 0 Å². The second-order valence-corrected chi connectivity index (χ2v) is 16.1. The Morgan fingerprint density at radius 1 is 0.393 bits per heavy atom. The normalized spacial score (nSPS) is 14.6. The molecule has 2 heteroatoms. The van der Waals surface area contributed by atoms with Crippen molar-refractivity contribution in [1.29, 1.82) is 0 Å². The van der Waals surface area contributed by atoms with Crippen LogP contribution in [0.4, 0.5) is 17.1 Å². The highest BCUT2D eigenvalue weighted by Gasteiger charge is 2.41. The number of hydrogen-bond donors (Lipinski definition) is 0. The van der Waals surface area contributed by atoms with Crippen LogP contribution in [0.25, 0.3) is 64.3 Å². The summed E-state index contributed by atoms with van der Waals surface area (Å²) in [6, 6.07) is 76.1. The van der Waals surface area contributed by atoms with Gasteiger partial charge in [-0.05, 0) is 122 Å². The molecule has 1 heterocycles. The SMILES string of the molecule is CC1(c2ccccc2)c2ccccc2-c2ccc(N(c3cccc(-c4ccc5ccccc5c4)c3)c3cccc(-c4cccc5sc6ccccc6c45)c3)cc21. The minimum atomic E-state index is -0.306. The van der Waals surface area contributed by atoms with E-state index in [0.717, 1.165) is 17.1 Å². The van der Waals surface area contributed by atoms with Crippen molar-refractivity contribution < 1.29 is 0 Å². The highest BCUT2D eigenvalue weighted by molar-refractivity contribution is 7.25. The Hall–Kier alpha value is -6.74. The predicted octanol–water partition coefficient (Wildman–Crippen LogP) is 15.3. The van der Waals surface area contributed by atoms with Crippen LogP contribution in [-0.2, 0) is 5.41 Å². The summed E-state index contributed by atoms with van der Waals surface area (Å²) in [6.45, 7) is 2.40. The zero-order chi connectivity index (χ0) is 37.2. The molecule has 0 saturated carbocycles. The van der Waals surface area contributed by atoms with E-state index in [2.05, 4.69) is 218 Å². The fourth-order valence-corrected chi connectivity index (χ4v) is 10.3. The molecule has 0 bridgehead atoms. The lowest BCUT2D eigenvalue weighted by Crippen LogP contribution is -2.22. The van der Waals surface area contributed by atoms with Gasteiger partial charge in [0, 0.05) is 42.6 Å². The van der Waals surface area contributed by atoms with E-state index in [1.807, 2.05) is 11.3 Å². The van der Waals surface area contributed by atoms with E-state index in [9.17, 15) is 0 Å². The molecule has 0 amide bonds. The first-order chi connectivity index (χ1) is 27.6. The van der Waals surface area contributed by atoms with Crippen LogP contribution in [0.15, 0.2) is 206 Å². The van der Waals surface area contributed by atoms with Crippen LogP contribution >= 0.6 is 11.3 Å². The molecule has 0 N–H and O–H groups in total. The second kappa shape index (κ2) is 12.9. The summed E-state index contributed by atoms with van der Waals surface area (Å²) in [5.74, 6) is 0. The summed E-state index contributed by atoms with van der Waals surface area (Å²) in [6.07, 6.45) is 0. The molecule has 0 saturated heterocycles. The Morgan fingerprint density at radius 2 is 1.02 bits per heavy atom. The summed E-state index contributed by atoms with van der Waals surface area (Å²) in [4.78, 5) is 2.45. The Kier molecular flexibility index (Phi) is 7.55. The van der Waals surface area contributed by atoms with Crippen molar-refractivity contribution in [3.63, 3.8) is 0 Å². The van der Waals surface area contributed by atoms with Crippen molar-refractivity contribution in [2.24, 2.45) is 0 Å². The smallest absolute Gasteiger partial charge is 0.0467 e. The van der Waals surface area contributed by atoms with E-state index in [1.54, 1.807) is 0 Å². The van der Waals surface area contributed by atoms with Crippen molar-refractivity contribution >= 4 is 59.3 Å². The third-order valence-electron chi connectivity index (χ3n) is 11.9. The molecule has 11 rings (SSSR count). The summed E-state index contributed by atoms with van der Waals surface area (Å²) >= 11 is 1.87. The number of fused-ring (bicyclic) bond motifs is 7. The zero-order valence-electron chi connectivity index (χ0n) is 31.0. The van der Waals surface area contributed by atoms with Crippen molar-refractivity contribution in [1.82, 2.24) is 0 Å². The molecule has 0 radical (unpaired) electrons. The largest absolute Gasteiger partial charge is 0.310 e. The molecule has 1 unspecified atom stereocenters. The average Bonchev–Trinajstić information content (AvgIpc) is 3.77. The number of nitrogens with zero attached hydrogens (tertiary/aromatic N) is 1. The molecule has 264 valence electrons. The topological polar surface area (TPSA) is 3.24 Å². The van der Waals surface area contributed by atoms with Crippen molar-refractivity contribution in [2.45, 2.75) is 12.3 Å². The maximum absolute atomic E-state index is 2.45. The summed E-state index contributed by atoms with van der Waals surface area (Å²) in [5, 5.41) is 5.13. The first kappa shape index (κ1) is 32.7. The lowest BCUT2D eigenvalue weighted by molar-refractivity contribution is 0.714. The molecular weight excluding hydrogens is 695 g/mol. The number of thiophene rings is 1. The number of benzene rings is 9. The third-order valence-corrected chi connectivity index (χ3v) is 13.0. The maximum atomic E-state index is 2.45. The zero-order valence-corrected chi connectivity index (χ0v) is 31.8. The number of hydrogen-bond acceptors (Lipinski definition) is 2. The molecule has 0 aliphatic heterocycles. The molecular formula is C54H37NS. The second-order valence-electron chi connectivity index (χ2n) is 15.0. The quantitative estimate of drug-likeness (QED) is 0.165. The maximum Gasteiger partial charge on any atom is 0.0467 e. The molecule has 9 aromatic carbocycles. The molecule has 0 fully saturated rings. The fraction of sp³-hybridized carbons (Fsp3) is 0.0370. The van der Waals surface area contributed by atoms with Gasteiger partial charge in [0.2, 0.25) is 0 Å². The minimum absolute atomic E-state index is 0.306. The Bertz CT molecular complexity index is 3120. The molecule has 56 heavy (non-hydrogen) atoms. The third kappa shape index (κ3) is 5.14. The van der Waals surface area contributed by atoms with Gasteiger partial charge in [-0.2, -0.15) is 0 Å². The predicted molar refractivity (Wildman–Crippen MR) is 240 cm³/mol. The summed E-state index contributed by atoms with van der Waals surface area (Å²) in [5.41, 5.74) is 14.5. The standard InChI is InChI=1S/C54H37NS/c1-54(41-18-3-2-4-19-41)49-25-9-7-22-46(49)47-31-30-44(35-50(47)54)55(42-20-11-16-38(33-42)39-29-28-36-14-5-6-15-37(36)32-39)43-21-12-17-40(34-43)45-24-13-27-52-53(45)48-23-8-10-26-51(48)56-52/h2-35H,1H3. The van der Waals surface area contributed by atoms with Gasteiger partial charge < -0.3 is 4.90 Å². The highest BCUT2D eigenvalue weighted by Crippen LogP contribution is 2.54. The Labute approximate surface area is 331 Å². The van der Waals surface area contributed by atoms with Crippen LogP contribution in [0.3, 0.4) is 0 Å². The lowest BCUT2D eigenvalue weighted by Gasteiger charge is -2.31. The van der Waals surface area contributed by atoms with Crippen LogP contribution in [0.2, 0.25) is 0 Å². The van der Waals surface area contributed by atoms with Crippen LogP contribution in [0.5, 0.6) is 0 Å². The fourth-order valence-electron chi connectivity index (χ4n) is 9.17. The van der Waals surface area contributed by atoms with Gasteiger partial charge in [-0.1, -0.05) is 152 Å². The van der Waals surface area contributed by atoms with Gasteiger partial charge in [-0.3, -0.25) is 0 Å². The number of rotatable bonds is 6. The van der Waals surface area contributed by atoms with Gasteiger partial charge in [0.1, 0.15) is 0 Å². The van der Waals surface area contributed by atoms with Crippen LogP contribution in [-0.4, -0.2) is 0 Å². The van der Waals surface area contributed by atoms with E-state index in [0.29, 0.717) is 0 Å². The Balaban J connectivity index is 1.12. The van der Waals surface area contributed by atoms with Crippen LogP contribution in [0.1, 0.15) is 23.6 Å².